The number of methoxy groups -OCH3 is 1. The van der Waals surface area contributed by atoms with Crippen molar-refractivity contribution in [3.05, 3.63) is 83.5 Å². The van der Waals surface area contributed by atoms with Gasteiger partial charge in [0.2, 0.25) is 0 Å². The van der Waals surface area contributed by atoms with E-state index in [0.717, 1.165) is 29.9 Å². The van der Waals surface area contributed by atoms with Crippen LogP contribution in [-0.2, 0) is 6.42 Å². The smallest absolute Gasteiger partial charge is 0.270 e. The van der Waals surface area contributed by atoms with Gasteiger partial charge in [-0.1, -0.05) is 24.3 Å². The van der Waals surface area contributed by atoms with Crippen molar-refractivity contribution in [2.24, 2.45) is 0 Å². The summed E-state index contributed by atoms with van der Waals surface area (Å²) in [7, 11) is 1.65. The molecule has 1 fully saturated rings. The van der Waals surface area contributed by atoms with Crippen molar-refractivity contribution >= 4 is 16.8 Å². The van der Waals surface area contributed by atoms with Crippen LogP contribution in [0.4, 0.5) is 4.39 Å². The Labute approximate surface area is 185 Å². The molecule has 0 spiro atoms. The van der Waals surface area contributed by atoms with Gasteiger partial charge in [-0.15, -0.1) is 0 Å². The summed E-state index contributed by atoms with van der Waals surface area (Å²) in [4.78, 5) is 22.3. The third kappa shape index (κ3) is 3.98. The maximum Gasteiger partial charge on any atom is 0.270 e. The molecule has 0 bridgehead atoms. The van der Waals surface area contributed by atoms with E-state index in [2.05, 4.69) is 9.97 Å². The lowest BCUT2D eigenvalue weighted by molar-refractivity contribution is 0.0693. The number of rotatable bonds is 5. The zero-order valence-corrected chi connectivity index (χ0v) is 17.8. The Morgan fingerprint density at radius 3 is 2.91 bits per heavy atom. The normalized spacial score (nSPS) is 16.4. The van der Waals surface area contributed by atoms with E-state index in [0.29, 0.717) is 42.0 Å². The molecule has 1 atom stereocenters. The number of amides is 1. The molecule has 1 saturated heterocycles. The molecule has 32 heavy (non-hydrogen) atoms. The number of para-hydroxylation sites is 1. The van der Waals surface area contributed by atoms with Crippen LogP contribution in [0.3, 0.4) is 0 Å². The lowest BCUT2D eigenvalue weighted by atomic mass is 9.97. The van der Waals surface area contributed by atoms with Gasteiger partial charge in [0, 0.05) is 24.9 Å². The van der Waals surface area contributed by atoms with Crippen LogP contribution in [0.25, 0.3) is 10.9 Å². The molecule has 0 radical (unpaired) electrons. The summed E-state index contributed by atoms with van der Waals surface area (Å²) in [5.74, 6) is 1.82. The van der Waals surface area contributed by atoms with E-state index in [-0.39, 0.29) is 17.6 Å². The first-order valence-electron chi connectivity index (χ1n) is 10.7. The van der Waals surface area contributed by atoms with Crippen LogP contribution in [0.2, 0.25) is 0 Å². The summed E-state index contributed by atoms with van der Waals surface area (Å²) >= 11 is 0. The van der Waals surface area contributed by atoms with Crippen molar-refractivity contribution in [2.45, 2.75) is 25.2 Å². The Bertz CT molecular complexity index is 1250. The van der Waals surface area contributed by atoms with Gasteiger partial charge >= 0.3 is 0 Å². The number of hydrogen-bond acceptors (Lipinski definition) is 4. The molecule has 1 N–H and O–H groups in total. The van der Waals surface area contributed by atoms with Crippen LogP contribution in [0.5, 0.6) is 5.75 Å². The Balaban J connectivity index is 1.28. The predicted molar refractivity (Wildman–Crippen MR) is 118 cm³/mol. The maximum absolute atomic E-state index is 14.0. The van der Waals surface area contributed by atoms with E-state index in [9.17, 15) is 9.18 Å². The molecule has 0 unspecified atom stereocenters. The molecule has 0 saturated carbocycles. The molecule has 7 heteroatoms. The number of benzene rings is 2. The first-order valence-corrected chi connectivity index (χ1v) is 10.7. The first kappa shape index (κ1) is 20.3. The fourth-order valence-corrected chi connectivity index (χ4v) is 4.31. The number of nitrogens with zero attached hydrogens (tertiary/aromatic N) is 2. The van der Waals surface area contributed by atoms with Gasteiger partial charge in [-0.25, -0.2) is 9.37 Å². The van der Waals surface area contributed by atoms with E-state index in [1.165, 1.54) is 6.07 Å². The van der Waals surface area contributed by atoms with E-state index in [4.69, 9.17) is 9.15 Å². The van der Waals surface area contributed by atoms with Crippen LogP contribution in [-0.4, -0.2) is 41.0 Å². The molecule has 2 aromatic carbocycles. The molecule has 5 rings (SSSR count). The minimum Gasteiger partial charge on any atom is -0.497 e. The Hall–Kier alpha value is -3.61. The van der Waals surface area contributed by atoms with Crippen LogP contribution >= 0.6 is 0 Å². The number of aromatic amines is 1. The van der Waals surface area contributed by atoms with Gasteiger partial charge in [-0.05, 0) is 42.7 Å². The zero-order valence-electron chi connectivity index (χ0n) is 17.8. The highest BCUT2D eigenvalue weighted by Crippen LogP contribution is 2.29. The summed E-state index contributed by atoms with van der Waals surface area (Å²) in [6, 6.07) is 14.4. The molecule has 1 amide bonds. The number of halogens is 1. The SMILES string of the molecule is COc1ccc(Cc2cnc([C@@H]3CCCN(C(=O)c4cc5cccc(F)c5[nH]4)C3)o2)cc1. The van der Waals surface area contributed by atoms with Crippen molar-refractivity contribution in [1.82, 2.24) is 14.9 Å². The number of carbonyl (C=O) groups is 1. The van der Waals surface area contributed by atoms with Gasteiger partial charge in [-0.3, -0.25) is 4.79 Å². The highest BCUT2D eigenvalue weighted by atomic mass is 19.1. The van der Waals surface area contributed by atoms with Crippen molar-refractivity contribution in [1.29, 1.82) is 0 Å². The van der Waals surface area contributed by atoms with Crippen LogP contribution in [0.15, 0.2) is 59.1 Å². The molecule has 1 aliphatic heterocycles. The van der Waals surface area contributed by atoms with E-state index in [1.807, 2.05) is 24.3 Å². The average Bonchev–Trinajstić information content (AvgIpc) is 3.47. The monoisotopic (exact) mass is 433 g/mol. The number of piperidine rings is 1. The standard InChI is InChI=1S/C25H24FN3O3/c1-31-19-9-7-16(8-10-19)12-20-14-27-24(32-20)18-5-3-11-29(15-18)25(30)22-13-17-4-2-6-21(26)23(17)28-22/h2,4,6-10,13-14,18,28H,3,5,11-12,15H2,1H3/t18-/m1/s1. The van der Waals surface area contributed by atoms with E-state index in [1.54, 1.807) is 36.4 Å². The number of hydrogen-bond donors (Lipinski definition) is 1. The molecule has 164 valence electrons. The number of aromatic nitrogens is 2. The van der Waals surface area contributed by atoms with Gasteiger partial charge in [0.15, 0.2) is 5.89 Å². The minimum absolute atomic E-state index is 0.0402. The first-order chi connectivity index (χ1) is 15.6. The predicted octanol–water partition coefficient (Wildman–Crippen LogP) is 4.91. The average molecular weight is 433 g/mol. The van der Waals surface area contributed by atoms with Gasteiger partial charge in [-0.2, -0.15) is 0 Å². The Morgan fingerprint density at radius 1 is 1.28 bits per heavy atom. The van der Waals surface area contributed by atoms with Gasteiger partial charge in [0.25, 0.3) is 5.91 Å². The molecular formula is C25H24FN3O3. The third-order valence-corrected chi connectivity index (χ3v) is 6.00. The lowest BCUT2D eigenvalue weighted by Gasteiger charge is -2.31. The van der Waals surface area contributed by atoms with Crippen molar-refractivity contribution in [3.63, 3.8) is 0 Å². The number of fused-ring (bicyclic) bond motifs is 1. The summed E-state index contributed by atoms with van der Waals surface area (Å²) in [6.07, 6.45) is 4.18. The second-order valence-corrected chi connectivity index (χ2v) is 8.17. The molecule has 0 aliphatic carbocycles. The highest BCUT2D eigenvalue weighted by Gasteiger charge is 2.29. The molecule has 2 aromatic heterocycles. The summed E-state index contributed by atoms with van der Waals surface area (Å²) in [6.45, 7) is 1.19. The maximum atomic E-state index is 14.0. The summed E-state index contributed by atoms with van der Waals surface area (Å²) in [5, 5.41) is 0.692. The number of ether oxygens (including phenoxy) is 1. The van der Waals surface area contributed by atoms with E-state index >= 15 is 0 Å². The molecule has 1 aliphatic rings. The Kier molecular flexibility index (Phi) is 5.39. The number of H-pyrrole nitrogens is 1. The van der Waals surface area contributed by atoms with Crippen LogP contribution < -0.4 is 4.74 Å². The third-order valence-electron chi connectivity index (χ3n) is 6.00. The second kappa shape index (κ2) is 8.49. The second-order valence-electron chi connectivity index (χ2n) is 8.17. The van der Waals surface area contributed by atoms with Gasteiger partial charge in [0.05, 0.1) is 24.7 Å². The van der Waals surface area contributed by atoms with Gasteiger partial charge in [0.1, 0.15) is 23.0 Å². The molecule has 4 aromatic rings. The van der Waals surface area contributed by atoms with E-state index < -0.39 is 0 Å². The lowest BCUT2D eigenvalue weighted by Crippen LogP contribution is -2.39. The topological polar surface area (TPSA) is 71.4 Å². The molecular weight excluding hydrogens is 409 g/mol. The number of carbonyl (C=O) groups excluding carboxylic acids is 1. The molecule has 6 nitrogen and oxygen atoms in total. The molecule has 3 heterocycles. The summed E-state index contributed by atoms with van der Waals surface area (Å²) in [5.41, 5.74) is 1.87. The fraction of sp³-hybridized carbons (Fsp3) is 0.280. The van der Waals surface area contributed by atoms with Crippen LogP contribution in [0, 0.1) is 5.82 Å². The van der Waals surface area contributed by atoms with Crippen molar-refractivity contribution in [2.75, 3.05) is 20.2 Å². The summed E-state index contributed by atoms with van der Waals surface area (Å²) < 4.78 is 25.2. The Morgan fingerprint density at radius 2 is 2.12 bits per heavy atom. The van der Waals surface area contributed by atoms with Crippen molar-refractivity contribution in [3.8, 4) is 5.75 Å². The highest BCUT2D eigenvalue weighted by molar-refractivity contribution is 5.98. The largest absolute Gasteiger partial charge is 0.497 e. The van der Waals surface area contributed by atoms with Crippen LogP contribution in [0.1, 0.15) is 46.5 Å². The van der Waals surface area contributed by atoms with Gasteiger partial charge < -0.3 is 19.0 Å². The quantitative estimate of drug-likeness (QED) is 0.485. The number of oxazole rings is 1. The zero-order chi connectivity index (χ0) is 22.1. The van der Waals surface area contributed by atoms with Crippen molar-refractivity contribution < 1.29 is 18.3 Å². The number of nitrogens with one attached hydrogen (secondary N) is 1. The fourth-order valence-electron chi connectivity index (χ4n) is 4.31. The minimum atomic E-state index is -0.359. The number of likely N-dealkylation sites (tertiary alicyclic amines) is 1.